The summed E-state index contributed by atoms with van der Waals surface area (Å²) in [5.41, 5.74) is 1.82. The summed E-state index contributed by atoms with van der Waals surface area (Å²) in [4.78, 5) is 0. The molecule has 5 heteroatoms. The molecule has 4 rings (SSSR count). The number of hydrogen-bond donors (Lipinski definition) is 2. The van der Waals surface area contributed by atoms with Gasteiger partial charge in [0, 0.05) is 0 Å². The number of allylic oxidation sites excluding steroid dienone is 1. The van der Waals surface area contributed by atoms with E-state index in [1.165, 1.54) is 24.5 Å². The predicted octanol–water partition coefficient (Wildman–Crippen LogP) is 2.14. The van der Waals surface area contributed by atoms with Crippen molar-refractivity contribution < 1.29 is 24.3 Å². The van der Waals surface area contributed by atoms with Gasteiger partial charge in [-0.3, -0.25) is 0 Å². The Bertz CT molecular complexity index is 631. The van der Waals surface area contributed by atoms with Crippen LogP contribution in [-0.4, -0.2) is 44.1 Å². The number of nitrogens with two attached hydrogens (primary N) is 1. The van der Waals surface area contributed by atoms with Gasteiger partial charge in [0.15, 0.2) is 11.6 Å². The van der Waals surface area contributed by atoms with E-state index in [1.807, 2.05) is 5.32 Å². The number of ether oxygens (including phenoxy) is 2. The molecule has 0 spiro atoms. The van der Waals surface area contributed by atoms with Crippen LogP contribution in [0.4, 0.5) is 4.39 Å². The molecule has 1 aromatic carbocycles. The monoisotopic (exact) mass is 364 g/mol. The second-order valence-electron chi connectivity index (χ2n) is 8.08. The molecule has 1 aromatic rings. The minimum absolute atomic E-state index is 0.270. The van der Waals surface area contributed by atoms with Crippen LogP contribution in [0.25, 0.3) is 0 Å². The van der Waals surface area contributed by atoms with E-state index in [0.29, 0.717) is 44.2 Å². The molecule has 1 saturated carbocycles. The van der Waals surface area contributed by atoms with Crippen molar-refractivity contribution in [2.45, 2.75) is 32.8 Å². The van der Waals surface area contributed by atoms with E-state index < -0.39 is 6.10 Å². The van der Waals surface area contributed by atoms with E-state index in [1.54, 1.807) is 18.2 Å². The van der Waals surface area contributed by atoms with E-state index >= 15 is 0 Å². The average Bonchev–Trinajstić information content (AvgIpc) is 2.63. The number of halogens is 1. The highest BCUT2D eigenvalue weighted by Crippen LogP contribution is 2.59. The number of rotatable bonds is 10. The van der Waals surface area contributed by atoms with Crippen LogP contribution in [0.15, 0.2) is 35.9 Å². The predicted molar refractivity (Wildman–Crippen MR) is 98.5 cm³/mol. The minimum Gasteiger partial charge on any atom is -0.485 e. The van der Waals surface area contributed by atoms with Crippen molar-refractivity contribution in [2.24, 2.45) is 17.3 Å². The van der Waals surface area contributed by atoms with Crippen molar-refractivity contribution in [1.82, 2.24) is 0 Å². The molecule has 3 atom stereocenters. The molecule has 0 unspecified atom stereocenters. The summed E-state index contributed by atoms with van der Waals surface area (Å²) in [5.74, 6) is 1.41. The zero-order valence-corrected chi connectivity index (χ0v) is 15.8. The molecule has 3 aliphatic rings. The maximum absolute atomic E-state index is 13.4. The Kier molecular flexibility index (Phi) is 6.33. The first-order valence-corrected chi connectivity index (χ1v) is 9.62. The zero-order chi connectivity index (χ0) is 18.6. The van der Waals surface area contributed by atoms with Gasteiger partial charge >= 0.3 is 0 Å². The number of benzene rings is 1. The molecule has 3 aliphatic carbocycles. The molecular weight excluding hydrogens is 333 g/mol. The normalized spacial score (nSPS) is 24.5. The molecule has 3 N–H and O–H groups in total. The van der Waals surface area contributed by atoms with E-state index in [2.05, 4.69) is 19.9 Å². The number of fused-ring (bicyclic) bond motifs is 1. The van der Waals surface area contributed by atoms with Crippen molar-refractivity contribution in [3.63, 3.8) is 0 Å². The molecule has 2 bridgehead atoms. The van der Waals surface area contributed by atoms with Crippen LogP contribution >= 0.6 is 0 Å². The van der Waals surface area contributed by atoms with Gasteiger partial charge in [0.05, 0.1) is 13.2 Å². The third-order valence-electron chi connectivity index (χ3n) is 6.02. The highest BCUT2D eigenvalue weighted by atomic mass is 19.1. The highest BCUT2D eigenvalue weighted by Gasteiger charge is 2.50. The van der Waals surface area contributed by atoms with Crippen molar-refractivity contribution >= 4 is 0 Å². The fraction of sp³-hybridized carbons (Fsp3) is 0.619. The molecule has 0 saturated heterocycles. The van der Waals surface area contributed by atoms with Crippen molar-refractivity contribution in [3.05, 3.63) is 41.7 Å². The van der Waals surface area contributed by atoms with Crippen LogP contribution < -0.4 is 10.1 Å². The third-order valence-corrected chi connectivity index (χ3v) is 6.02. The first kappa shape index (κ1) is 19.3. The van der Waals surface area contributed by atoms with Crippen molar-refractivity contribution in [2.75, 3.05) is 32.9 Å². The smallest absolute Gasteiger partial charge is 0.165 e. The van der Waals surface area contributed by atoms with Gasteiger partial charge in [-0.25, -0.2) is 4.39 Å². The number of aliphatic hydroxyl groups excluding tert-OH is 1. The van der Waals surface area contributed by atoms with Gasteiger partial charge in [-0.15, -0.1) is 0 Å². The Balaban J connectivity index is 1.25. The highest BCUT2D eigenvalue weighted by molar-refractivity contribution is 5.24. The second kappa shape index (κ2) is 8.51. The third kappa shape index (κ3) is 4.45. The largest absolute Gasteiger partial charge is 0.485 e. The van der Waals surface area contributed by atoms with Crippen LogP contribution in [0.2, 0.25) is 0 Å². The second-order valence-corrected chi connectivity index (χ2v) is 8.08. The van der Waals surface area contributed by atoms with Gasteiger partial charge in [0.25, 0.3) is 0 Å². The zero-order valence-electron chi connectivity index (χ0n) is 15.8. The molecule has 0 amide bonds. The fourth-order valence-electron chi connectivity index (χ4n) is 4.15. The van der Waals surface area contributed by atoms with E-state index in [-0.39, 0.29) is 11.6 Å². The SMILES string of the molecule is CC1(C)[C@H]2CC=C(COC[C@H](O)C[NH2+]CCOc3ccccc3F)[C@@H]1C2. The van der Waals surface area contributed by atoms with Crippen molar-refractivity contribution in [1.29, 1.82) is 0 Å². The maximum Gasteiger partial charge on any atom is 0.165 e. The van der Waals surface area contributed by atoms with Gasteiger partial charge in [-0.2, -0.15) is 0 Å². The Morgan fingerprint density at radius 3 is 2.88 bits per heavy atom. The number of hydrogen-bond acceptors (Lipinski definition) is 3. The first-order valence-electron chi connectivity index (χ1n) is 9.62. The lowest BCUT2D eigenvalue weighted by Gasteiger charge is -2.56. The number of aliphatic hydroxyl groups is 1. The first-order chi connectivity index (χ1) is 12.5. The molecule has 0 radical (unpaired) electrons. The molecule has 0 aromatic heterocycles. The van der Waals surface area contributed by atoms with Crippen LogP contribution in [0.1, 0.15) is 26.7 Å². The molecule has 144 valence electrons. The summed E-state index contributed by atoms with van der Waals surface area (Å²) < 4.78 is 24.5. The number of para-hydroxylation sites is 1. The summed E-state index contributed by atoms with van der Waals surface area (Å²) >= 11 is 0. The number of quaternary nitrogens is 1. The quantitative estimate of drug-likeness (QED) is 0.494. The van der Waals surface area contributed by atoms with Gasteiger partial charge in [0.2, 0.25) is 0 Å². The molecule has 0 heterocycles. The average molecular weight is 364 g/mol. The van der Waals surface area contributed by atoms with Gasteiger partial charge in [-0.05, 0) is 47.8 Å². The Hall–Kier alpha value is -1.43. The van der Waals surface area contributed by atoms with Gasteiger partial charge < -0.3 is 19.9 Å². The molecule has 4 nitrogen and oxygen atoms in total. The standard InChI is InChI=1S/C21H30FNO3/c1-21(2)16-8-7-15(18(21)11-16)13-25-14-17(24)12-23-9-10-26-20-6-4-3-5-19(20)22/h3-7,16-18,23-24H,8-14H2,1-2H3/p+1/t16-,17+,18-/m0/s1. The van der Waals surface area contributed by atoms with Crippen molar-refractivity contribution in [3.8, 4) is 5.75 Å². The summed E-state index contributed by atoms with van der Waals surface area (Å²) in [6.45, 7) is 7.30. The molecular formula is C21H31FNO3+. The van der Waals surface area contributed by atoms with Crippen LogP contribution in [0, 0.1) is 23.1 Å². The molecule has 1 fully saturated rings. The lowest BCUT2D eigenvalue weighted by Crippen LogP contribution is -2.87. The van der Waals surface area contributed by atoms with Gasteiger partial charge in [0.1, 0.15) is 25.8 Å². The Labute approximate surface area is 155 Å². The lowest BCUT2D eigenvalue weighted by atomic mass is 9.49. The molecule has 0 aliphatic heterocycles. The summed E-state index contributed by atoms with van der Waals surface area (Å²) in [7, 11) is 0. The summed E-state index contributed by atoms with van der Waals surface area (Å²) in [6.07, 6.45) is 4.29. The summed E-state index contributed by atoms with van der Waals surface area (Å²) in [6, 6.07) is 6.38. The van der Waals surface area contributed by atoms with Crippen LogP contribution in [-0.2, 0) is 4.74 Å². The maximum atomic E-state index is 13.4. The van der Waals surface area contributed by atoms with E-state index in [4.69, 9.17) is 9.47 Å². The summed E-state index contributed by atoms with van der Waals surface area (Å²) in [5, 5.41) is 12.0. The Morgan fingerprint density at radius 1 is 1.35 bits per heavy atom. The van der Waals surface area contributed by atoms with Gasteiger partial charge in [-0.1, -0.05) is 32.1 Å². The fourth-order valence-corrected chi connectivity index (χ4v) is 4.15. The topological polar surface area (TPSA) is 55.3 Å². The minimum atomic E-state index is -0.505. The van der Waals surface area contributed by atoms with Crippen LogP contribution in [0.5, 0.6) is 5.75 Å². The Morgan fingerprint density at radius 2 is 2.15 bits per heavy atom. The molecule has 26 heavy (non-hydrogen) atoms. The van der Waals surface area contributed by atoms with E-state index in [0.717, 1.165) is 5.92 Å². The van der Waals surface area contributed by atoms with E-state index in [9.17, 15) is 9.50 Å². The lowest BCUT2D eigenvalue weighted by molar-refractivity contribution is -0.661. The van der Waals surface area contributed by atoms with Crippen LogP contribution in [0.3, 0.4) is 0 Å².